The van der Waals surface area contributed by atoms with Crippen molar-refractivity contribution in [3.8, 4) is 0 Å². The Morgan fingerprint density at radius 1 is 1.67 bits per heavy atom. The summed E-state index contributed by atoms with van der Waals surface area (Å²) in [6.07, 6.45) is 2.37. The predicted molar refractivity (Wildman–Crippen MR) is 77.0 cm³/mol. The number of thiazole rings is 1. The van der Waals surface area contributed by atoms with Crippen LogP contribution in [-0.2, 0) is 4.79 Å². The van der Waals surface area contributed by atoms with E-state index in [0.717, 1.165) is 29.4 Å². The normalized spacial score (nSPS) is 20.1. The molecule has 0 spiro atoms. The van der Waals surface area contributed by atoms with E-state index in [-0.39, 0.29) is 5.91 Å². The molecule has 1 aromatic heterocycles. The van der Waals surface area contributed by atoms with Crippen molar-refractivity contribution in [3.05, 3.63) is 5.69 Å². The van der Waals surface area contributed by atoms with Gasteiger partial charge in [-0.05, 0) is 25.7 Å². The molecule has 1 aromatic rings. The Kier molecular flexibility index (Phi) is 4.50. The first-order valence-corrected chi connectivity index (χ1v) is 8.00. The van der Waals surface area contributed by atoms with E-state index in [1.165, 1.54) is 17.8 Å². The van der Waals surface area contributed by atoms with Crippen LogP contribution in [0.25, 0.3) is 0 Å². The van der Waals surface area contributed by atoms with Crippen molar-refractivity contribution in [2.24, 2.45) is 5.92 Å². The van der Waals surface area contributed by atoms with Crippen LogP contribution in [0, 0.1) is 12.8 Å². The van der Waals surface area contributed by atoms with Gasteiger partial charge in [-0.1, -0.05) is 18.3 Å². The lowest BCUT2D eigenvalue weighted by atomic mass is 10.0. The fraction of sp³-hybridized carbons (Fsp3) is 0.667. The van der Waals surface area contributed by atoms with E-state index in [2.05, 4.69) is 11.9 Å². The van der Waals surface area contributed by atoms with Gasteiger partial charge >= 0.3 is 0 Å². The van der Waals surface area contributed by atoms with Gasteiger partial charge in [0, 0.05) is 13.1 Å². The monoisotopic (exact) mass is 285 g/mol. The maximum Gasteiger partial charge on any atom is 0.232 e. The second-order valence-electron chi connectivity index (χ2n) is 4.80. The maximum atomic E-state index is 12.1. The average molecular weight is 285 g/mol. The summed E-state index contributed by atoms with van der Waals surface area (Å²) in [7, 11) is 0. The lowest BCUT2D eigenvalue weighted by Gasteiger charge is -2.30. The summed E-state index contributed by atoms with van der Waals surface area (Å²) in [6.45, 7) is 5.96. The predicted octanol–water partition coefficient (Wildman–Crippen LogP) is 2.38. The Hall–Kier alpha value is -0.750. The fourth-order valence-corrected chi connectivity index (χ4v) is 4.10. The van der Waals surface area contributed by atoms with E-state index in [1.807, 2.05) is 11.8 Å². The maximum absolute atomic E-state index is 12.1. The largest absolute Gasteiger partial charge is 0.375 e. The van der Waals surface area contributed by atoms with Crippen LogP contribution in [0.4, 0.5) is 5.13 Å². The molecule has 18 heavy (non-hydrogen) atoms. The number of anilines is 1. The van der Waals surface area contributed by atoms with Crippen LogP contribution in [0.15, 0.2) is 4.21 Å². The van der Waals surface area contributed by atoms with E-state index in [9.17, 15) is 4.79 Å². The molecule has 2 N–H and O–H groups in total. The number of carbonyl (C=O) groups is 1. The number of rotatable bonds is 3. The number of nitrogen functional groups attached to an aromatic ring is 1. The zero-order valence-corrected chi connectivity index (χ0v) is 12.4. The molecule has 6 heteroatoms. The van der Waals surface area contributed by atoms with E-state index in [0.29, 0.717) is 16.8 Å². The second kappa shape index (κ2) is 5.93. The molecule has 2 rings (SSSR count). The third-order valence-electron chi connectivity index (χ3n) is 3.11. The zero-order valence-electron chi connectivity index (χ0n) is 10.8. The van der Waals surface area contributed by atoms with Gasteiger partial charge in [-0.3, -0.25) is 4.79 Å². The highest BCUT2D eigenvalue weighted by Crippen LogP contribution is 2.30. The molecule has 1 aliphatic rings. The number of aromatic nitrogens is 1. The summed E-state index contributed by atoms with van der Waals surface area (Å²) in [5, 5.41) is 0.578. The first-order valence-electron chi connectivity index (χ1n) is 6.19. The van der Waals surface area contributed by atoms with Crippen molar-refractivity contribution in [1.82, 2.24) is 9.88 Å². The summed E-state index contributed by atoms with van der Waals surface area (Å²) in [6, 6.07) is 0. The molecule has 4 nitrogen and oxygen atoms in total. The van der Waals surface area contributed by atoms with Gasteiger partial charge in [0.05, 0.1) is 15.7 Å². The highest BCUT2D eigenvalue weighted by atomic mass is 32.2. The third-order valence-corrected chi connectivity index (χ3v) is 5.44. The number of nitrogens with zero attached hydrogens (tertiary/aromatic N) is 2. The lowest BCUT2D eigenvalue weighted by Crippen LogP contribution is -2.40. The minimum absolute atomic E-state index is 0.234. The average Bonchev–Trinajstić information content (AvgIpc) is 2.65. The summed E-state index contributed by atoms with van der Waals surface area (Å²) in [4.78, 5) is 18.2. The van der Waals surface area contributed by atoms with Crippen molar-refractivity contribution >= 4 is 34.1 Å². The highest BCUT2D eigenvalue weighted by molar-refractivity contribution is 8.01. The van der Waals surface area contributed by atoms with Crippen LogP contribution in [0.5, 0.6) is 0 Å². The summed E-state index contributed by atoms with van der Waals surface area (Å²) >= 11 is 3.02. The molecular formula is C12H19N3OS2. The summed E-state index contributed by atoms with van der Waals surface area (Å²) in [5.74, 6) is 1.36. The Bertz CT molecular complexity index is 433. The number of hydrogen-bond donors (Lipinski definition) is 1. The van der Waals surface area contributed by atoms with E-state index in [4.69, 9.17) is 5.73 Å². The topological polar surface area (TPSA) is 59.2 Å². The van der Waals surface area contributed by atoms with Crippen molar-refractivity contribution in [2.75, 3.05) is 24.6 Å². The number of amides is 1. The molecule has 100 valence electrons. The van der Waals surface area contributed by atoms with Crippen LogP contribution < -0.4 is 5.73 Å². The van der Waals surface area contributed by atoms with E-state index >= 15 is 0 Å². The molecule has 1 amide bonds. The van der Waals surface area contributed by atoms with E-state index in [1.54, 1.807) is 11.8 Å². The highest BCUT2D eigenvalue weighted by Gasteiger charge is 2.21. The fourth-order valence-electron chi connectivity index (χ4n) is 2.17. The van der Waals surface area contributed by atoms with Gasteiger partial charge in [0.25, 0.3) is 0 Å². The first-order chi connectivity index (χ1) is 8.56. The number of carbonyl (C=O) groups excluding carboxylic acids is 1. The summed E-state index contributed by atoms with van der Waals surface area (Å²) in [5.41, 5.74) is 6.58. The molecule has 0 bridgehead atoms. The number of hydrogen-bond acceptors (Lipinski definition) is 5. The standard InChI is InChI=1S/C12H19N3OS2/c1-8-4-3-5-15(6-8)10(16)7-17-11-9(2)14-12(13)18-11/h8H,3-7H2,1-2H3,(H2,13,14). The third kappa shape index (κ3) is 3.38. The van der Waals surface area contributed by atoms with Crippen LogP contribution >= 0.6 is 23.1 Å². The number of thioether (sulfide) groups is 1. The molecule has 1 saturated heterocycles. The molecule has 2 heterocycles. The Balaban J connectivity index is 1.86. The van der Waals surface area contributed by atoms with Gasteiger partial charge in [0.2, 0.25) is 5.91 Å². The Morgan fingerprint density at radius 3 is 3.06 bits per heavy atom. The Morgan fingerprint density at radius 2 is 2.44 bits per heavy atom. The van der Waals surface area contributed by atoms with E-state index < -0.39 is 0 Å². The minimum Gasteiger partial charge on any atom is -0.375 e. The number of piperidine rings is 1. The van der Waals surface area contributed by atoms with Gasteiger partial charge in [-0.2, -0.15) is 0 Å². The van der Waals surface area contributed by atoms with Gasteiger partial charge in [0.1, 0.15) is 0 Å². The Labute approximate surface area is 116 Å². The number of likely N-dealkylation sites (tertiary alicyclic amines) is 1. The number of aryl methyl sites for hydroxylation is 1. The van der Waals surface area contributed by atoms with Crippen LogP contribution in [0.2, 0.25) is 0 Å². The molecule has 0 saturated carbocycles. The van der Waals surface area contributed by atoms with Crippen molar-refractivity contribution < 1.29 is 4.79 Å². The zero-order chi connectivity index (χ0) is 13.1. The van der Waals surface area contributed by atoms with Gasteiger partial charge in [0.15, 0.2) is 5.13 Å². The van der Waals surface area contributed by atoms with Crippen LogP contribution in [0.3, 0.4) is 0 Å². The molecule has 0 radical (unpaired) electrons. The molecule has 1 aliphatic heterocycles. The van der Waals surface area contributed by atoms with Crippen molar-refractivity contribution in [3.63, 3.8) is 0 Å². The number of nitrogens with two attached hydrogens (primary N) is 1. The van der Waals surface area contributed by atoms with Crippen LogP contribution in [-0.4, -0.2) is 34.6 Å². The molecule has 0 aliphatic carbocycles. The first kappa shape index (κ1) is 13.7. The second-order valence-corrected chi connectivity index (χ2v) is 7.08. The molecule has 1 atom stereocenters. The van der Waals surface area contributed by atoms with Gasteiger partial charge in [-0.15, -0.1) is 11.8 Å². The van der Waals surface area contributed by atoms with Crippen molar-refractivity contribution in [2.45, 2.75) is 30.9 Å². The molecule has 1 fully saturated rings. The molecule has 1 unspecified atom stereocenters. The SMILES string of the molecule is Cc1nc(N)sc1SCC(=O)N1CCCC(C)C1. The van der Waals surface area contributed by atoms with Crippen molar-refractivity contribution in [1.29, 1.82) is 0 Å². The molecule has 0 aromatic carbocycles. The smallest absolute Gasteiger partial charge is 0.232 e. The lowest BCUT2D eigenvalue weighted by molar-refractivity contribution is -0.130. The van der Waals surface area contributed by atoms with Gasteiger partial charge in [-0.25, -0.2) is 4.98 Å². The minimum atomic E-state index is 0.234. The molecular weight excluding hydrogens is 266 g/mol. The summed E-state index contributed by atoms with van der Waals surface area (Å²) < 4.78 is 1.06. The quantitative estimate of drug-likeness (QED) is 0.866. The van der Waals surface area contributed by atoms with Gasteiger partial charge < -0.3 is 10.6 Å². The van der Waals surface area contributed by atoms with Crippen LogP contribution in [0.1, 0.15) is 25.5 Å².